The number of benzene rings is 2. The van der Waals surface area contributed by atoms with E-state index < -0.39 is 9.84 Å². The highest BCUT2D eigenvalue weighted by molar-refractivity contribution is 8.00. The molecule has 0 aliphatic heterocycles. The van der Waals surface area contributed by atoms with E-state index in [1.807, 2.05) is 38.1 Å². The number of aryl methyl sites for hydroxylation is 1. The van der Waals surface area contributed by atoms with Crippen LogP contribution in [0.3, 0.4) is 0 Å². The molecule has 0 aliphatic carbocycles. The highest BCUT2D eigenvalue weighted by atomic mass is 32.2. The van der Waals surface area contributed by atoms with E-state index in [1.165, 1.54) is 23.6 Å². The Morgan fingerprint density at radius 2 is 1.64 bits per heavy atom. The van der Waals surface area contributed by atoms with Crippen LogP contribution in [0.2, 0.25) is 0 Å². The summed E-state index contributed by atoms with van der Waals surface area (Å²) in [6.07, 6.45) is 1.18. The number of rotatable bonds is 6. The number of hydrogen-bond acceptors (Lipinski definition) is 4. The third-order valence-electron chi connectivity index (χ3n) is 4.15. The van der Waals surface area contributed by atoms with Gasteiger partial charge in [-0.3, -0.25) is 4.79 Å². The monoisotopic (exact) mass is 377 g/mol. The molecule has 0 radical (unpaired) electrons. The largest absolute Gasteiger partial charge is 0.338 e. The lowest BCUT2D eigenvalue weighted by atomic mass is 10.1. The minimum Gasteiger partial charge on any atom is -0.338 e. The van der Waals surface area contributed by atoms with E-state index in [2.05, 4.69) is 0 Å². The average Bonchev–Trinajstić information content (AvgIpc) is 2.59. The van der Waals surface area contributed by atoms with Crippen molar-refractivity contribution in [3.8, 4) is 0 Å². The quantitative estimate of drug-likeness (QED) is 0.720. The number of carbonyl (C=O) groups is 1. The predicted octanol–water partition coefficient (Wildman–Crippen LogP) is 3.71. The van der Waals surface area contributed by atoms with E-state index in [0.717, 1.165) is 10.5 Å². The van der Waals surface area contributed by atoms with Gasteiger partial charge in [-0.15, -0.1) is 11.8 Å². The Bertz CT molecular complexity index is 828. The molecule has 2 aromatic carbocycles. The average molecular weight is 378 g/mol. The Kier molecular flexibility index (Phi) is 6.30. The molecule has 0 bridgehead atoms. The number of sulfone groups is 1. The number of carbonyl (C=O) groups excluding carboxylic acids is 1. The minimum absolute atomic E-state index is 0.0327. The fourth-order valence-corrected chi connectivity index (χ4v) is 3.77. The third-order valence-corrected chi connectivity index (χ3v) is 6.27. The first-order valence-corrected chi connectivity index (χ1v) is 10.8. The molecule has 0 heterocycles. The Labute approximate surface area is 154 Å². The highest BCUT2D eigenvalue weighted by Gasteiger charge is 2.18. The Balaban J connectivity index is 1.99. The summed E-state index contributed by atoms with van der Waals surface area (Å²) in [7, 11) is -1.44. The molecule has 6 heteroatoms. The maximum absolute atomic E-state index is 12.4. The van der Waals surface area contributed by atoms with Gasteiger partial charge in [-0.1, -0.05) is 29.8 Å². The van der Waals surface area contributed by atoms with Crippen LogP contribution in [0, 0.1) is 6.92 Å². The van der Waals surface area contributed by atoms with Crippen LogP contribution in [0.5, 0.6) is 0 Å². The van der Waals surface area contributed by atoms with Gasteiger partial charge in [0.1, 0.15) is 0 Å². The molecule has 0 fully saturated rings. The number of amides is 1. The van der Waals surface area contributed by atoms with Gasteiger partial charge >= 0.3 is 0 Å². The minimum atomic E-state index is -3.21. The van der Waals surface area contributed by atoms with Crippen molar-refractivity contribution in [2.75, 3.05) is 19.1 Å². The first kappa shape index (κ1) is 19.5. The molecule has 1 unspecified atom stereocenters. The summed E-state index contributed by atoms with van der Waals surface area (Å²) in [5, 5.41) is 0. The molecule has 2 aromatic rings. The van der Waals surface area contributed by atoms with Crippen molar-refractivity contribution in [3.63, 3.8) is 0 Å². The van der Waals surface area contributed by atoms with Crippen LogP contribution in [0.25, 0.3) is 0 Å². The van der Waals surface area contributed by atoms with E-state index in [1.54, 1.807) is 36.2 Å². The third kappa shape index (κ3) is 5.34. The molecule has 1 atom stereocenters. The molecule has 0 saturated heterocycles. The summed E-state index contributed by atoms with van der Waals surface area (Å²) in [5.74, 6) is 0.399. The van der Waals surface area contributed by atoms with Crippen LogP contribution in [-0.4, -0.2) is 38.3 Å². The lowest BCUT2D eigenvalue weighted by molar-refractivity contribution is -0.128. The normalized spacial score (nSPS) is 12.6. The lowest BCUT2D eigenvalue weighted by Crippen LogP contribution is -2.31. The Morgan fingerprint density at radius 3 is 2.16 bits per heavy atom. The van der Waals surface area contributed by atoms with Crippen molar-refractivity contribution in [1.82, 2.24) is 4.90 Å². The second-order valence-corrected chi connectivity index (χ2v) is 9.19. The molecule has 0 aromatic heterocycles. The van der Waals surface area contributed by atoms with Crippen LogP contribution in [0.15, 0.2) is 58.3 Å². The summed E-state index contributed by atoms with van der Waals surface area (Å²) < 4.78 is 23.1. The van der Waals surface area contributed by atoms with E-state index in [4.69, 9.17) is 0 Å². The van der Waals surface area contributed by atoms with Crippen LogP contribution in [-0.2, 0) is 14.6 Å². The van der Waals surface area contributed by atoms with Crippen LogP contribution in [0.1, 0.15) is 24.1 Å². The first-order chi connectivity index (χ1) is 11.7. The van der Waals surface area contributed by atoms with Crippen molar-refractivity contribution in [3.05, 3.63) is 59.7 Å². The molecule has 0 spiro atoms. The first-order valence-electron chi connectivity index (χ1n) is 7.93. The number of thioether (sulfide) groups is 1. The van der Waals surface area contributed by atoms with Gasteiger partial charge in [0.25, 0.3) is 0 Å². The Morgan fingerprint density at radius 1 is 1.08 bits per heavy atom. The zero-order valence-electron chi connectivity index (χ0n) is 14.9. The van der Waals surface area contributed by atoms with Crippen molar-refractivity contribution in [1.29, 1.82) is 0 Å². The fourth-order valence-electron chi connectivity index (χ4n) is 2.31. The molecule has 4 nitrogen and oxygen atoms in total. The molecule has 25 heavy (non-hydrogen) atoms. The van der Waals surface area contributed by atoms with E-state index in [0.29, 0.717) is 5.75 Å². The number of nitrogens with zero attached hydrogens (tertiary/aromatic N) is 1. The second-order valence-electron chi connectivity index (χ2n) is 6.12. The summed E-state index contributed by atoms with van der Waals surface area (Å²) >= 11 is 1.51. The van der Waals surface area contributed by atoms with E-state index in [9.17, 15) is 13.2 Å². The van der Waals surface area contributed by atoms with Crippen molar-refractivity contribution >= 4 is 27.5 Å². The molecule has 0 N–H and O–H groups in total. The SMILES string of the molecule is Cc1ccc(SCC(=O)N(C)C(C)c2ccc(S(C)(=O)=O)cc2)cc1. The molecular weight excluding hydrogens is 354 g/mol. The van der Waals surface area contributed by atoms with Gasteiger partial charge in [-0.2, -0.15) is 0 Å². The van der Waals surface area contributed by atoms with Gasteiger partial charge in [0.05, 0.1) is 16.7 Å². The smallest absolute Gasteiger partial charge is 0.233 e. The van der Waals surface area contributed by atoms with Gasteiger partial charge in [0, 0.05) is 18.2 Å². The molecule has 1 amide bonds. The standard InChI is InChI=1S/C19H23NO3S2/c1-14-5-9-17(10-6-14)24-13-19(21)20(3)15(2)16-7-11-18(12-8-16)25(4,22)23/h5-12,15H,13H2,1-4H3. The van der Waals surface area contributed by atoms with Gasteiger partial charge < -0.3 is 4.90 Å². The zero-order valence-corrected chi connectivity index (χ0v) is 16.5. The molecule has 0 aliphatic rings. The molecular formula is C19H23NO3S2. The van der Waals surface area contributed by atoms with Crippen molar-refractivity contribution in [2.24, 2.45) is 0 Å². The van der Waals surface area contributed by atoms with Crippen molar-refractivity contribution in [2.45, 2.75) is 29.7 Å². The summed E-state index contributed by atoms with van der Waals surface area (Å²) in [6.45, 7) is 3.97. The second kappa shape index (κ2) is 8.06. The zero-order chi connectivity index (χ0) is 18.6. The molecule has 2 rings (SSSR count). The van der Waals surface area contributed by atoms with Gasteiger partial charge in [-0.25, -0.2) is 8.42 Å². The van der Waals surface area contributed by atoms with E-state index >= 15 is 0 Å². The van der Waals surface area contributed by atoms with Gasteiger partial charge in [0.15, 0.2) is 9.84 Å². The van der Waals surface area contributed by atoms with Gasteiger partial charge in [-0.05, 0) is 43.7 Å². The molecule has 0 saturated carbocycles. The summed E-state index contributed by atoms with van der Waals surface area (Å²) in [4.78, 5) is 15.5. The highest BCUT2D eigenvalue weighted by Crippen LogP contribution is 2.23. The lowest BCUT2D eigenvalue weighted by Gasteiger charge is -2.25. The topological polar surface area (TPSA) is 54.5 Å². The summed E-state index contributed by atoms with van der Waals surface area (Å²) in [6, 6.07) is 14.7. The van der Waals surface area contributed by atoms with Crippen molar-refractivity contribution < 1.29 is 13.2 Å². The number of hydrogen-bond donors (Lipinski definition) is 0. The maximum Gasteiger partial charge on any atom is 0.233 e. The maximum atomic E-state index is 12.4. The summed E-state index contributed by atoms with van der Waals surface area (Å²) in [5.41, 5.74) is 2.10. The Hall–Kier alpha value is -1.79. The molecule has 134 valence electrons. The van der Waals surface area contributed by atoms with Gasteiger partial charge in [0.2, 0.25) is 5.91 Å². The van der Waals surface area contributed by atoms with Crippen LogP contribution in [0.4, 0.5) is 0 Å². The predicted molar refractivity (Wildman–Crippen MR) is 103 cm³/mol. The van der Waals surface area contributed by atoms with Crippen LogP contribution >= 0.6 is 11.8 Å². The van der Waals surface area contributed by atoms with Crippen LogP contribution < -0.4 is 0 Å². The van der Waals surface area contributed by atoms with E-state index in [-0.39, 0.29) is 16.8 Å². The fraction of sp³-hybridized carbons (Fsp3) is 0.316.